The Labute approximate surface area is 208 Å². The summed E-state index contributed by atoms with van der Waals surface area (Å²) in [6.07, 6.45) is 3.46. The molecule has 33 heavy (non-hydrogen) atoms. The SMILES string of the molecule is Cc1ccc(C[N+]2(C(=O)c3ccc(Cl)cc3)C=C(CCCl)Oc3ncccc3C2=O)cc1.Cl. The van der Waals surface area contributed by atoms with Crippen molar-refractivity contribution in [2.45, 2.75) is 19.9 Å². The van der Waals surface area contributed by atoms with Crippen molar-refractivity contribution in [3.8, 4) is 5.88 Å². The van der Waals surface area contributed by atoms with Crippen molar-refractivity contribution in [2.75, 3.05) is 5.88 Å². The highest BCUT2D eigenvalue weighted by Crippen LogP contribution is 2.33. The molecule has 0 saturated carbocycles. The third-order valence-electron chi connectivity index (χ3n) is 5.30. The quantitative estimate of drug-likeness (QED) is 0.232. The van der Waals surface area contributed by atoms with Gasteiger partial charge in [-0.25, -0.2) is 14.6 Å². The molecule has 5 nitrogen and oxygen atoms in total. The van der Waals surface area contributed by atoms with Gasteiger partial charge < -0.3 is 4.74 Å². The summed E-state index contributed by atoms with van der Waals surface area (Å²) in [7, 11) is 0. The predicted molar refractivity (Wildman–Crippen MR) is 131 cm³/mol. The van der Waals surface area contributed by atoms with E-state index >= 15 is 0 Å². The molecule has 0 saturated heterocycles. The Morgan fingerprint density at radius 3 is 2.42 bits per heavy atom. The molecular formula is C25H22Cl3N2O3+. The summed E-state index contributed by atoms with van der Waals surface area (Å²) in [6, 6.07) is 17.5. The average molecular weight is 505 g/mol. The van der Waals surface area contributed by atoms with Gasteiger partial charge in [0.05, 0.1) is 5.56 Å². The molecule has 1 aliphatic heterocycles. The molecule has 1 unspecified atom stereocenters. The van der Waals surface area contributed by atoms with Crippen LogP contribution in [-0.4, -0.2) is 27.2 Å². The summed E-state index contributed by atoms with van der Waals surface area (Å²) in [5, 5.41) is 0.505. The van der Waals surface area contributed by atoms with E-state index in [1.54, 1.807) is 48.8 Å². The lowest BCUT2D eigenvalue weighted by Crippen LogP contribution is -2.52. The standard InChI is InChI=1S/C25H21Cl2N2O3.ClH/c1-17-4-6-18(7-5-17)15-29(24(30)19-8-10-20(27)11-9-19)16-21(12-13-26)32-23-22(25(29)31)3-2-14-28-23;/h2-11,14,16H,12-13,15H2,1H3;1H/q+1;. The maximum Gasteiger partial charge on any atom is 0.364 e. The van der Waals surface area contributed by atoms with Crippen molar-refractivity contribution < 1.29 is 18.8 Å². The van der Waals surface area contributed by atoms with E-state index in [4.69, 9.17) is 27.9 Å². The van der Waals surface area contributed by atoms with E-state index in [1.165, 1.54) is 0 Å². The molecule has 2 heterocycles. The second kappa shape index (κ2) is 10.5. The highest BCUT2D eigenvalue weighted by atomic mass is 35.5. The molecule has 2 amide bonds. The van der Waals surface area contributed by atoms with Crippen molar-refractivity contribution in [2.24, 2.45) is 0 Å². The minimum atomic E-state index is -0.615. The van der Waals surface area contributed by atoms with E-state index < -0.39 is 10.4 Å². The van der Waals surface area contributed by atoms with Gasteiger partial charge in [0, 0.05) is 29.1 Å². The average Bonchev–Trinajstić information content (AvgIpc) is 2.91. The largest absolute Gasteiger partial charge is 0.437 e. The Balaban J connectivity index is 0.00000306. The number of quaternary nitrogens is 1. The van der Waals surface area contributed by atoms with Crippen molar-refractivity contribution in [3.05, 3.63) is 106 Å². The van der Waals surface area contributed by atoms with Crippen LogP contribution in [0.15, 0.2) is 78.8 Å². The van der Waals surface area contributed by atoms with E-state index in [2.05, 4.69) is 4.98 Å². The van der Waals surface area contributed by atoms with E-state index in [9.17, 15) is 9.59 Å². The number of imide groups is 1. The summed E-state index contributed by atoms with van der Waals surface area (Å²) in [6.45, 7) is 2.10. The van der Waals surface area contributed by atoms with Crippen LogP contribution in [0.3, 0.4) is 0 Å². The van der Waals surface area contributed by atoms with Crippen LogP contribution >= 0.6 is 35.6 Å². The summed E-state index contributed by atoms with van der Waals surface area (Å²) in [4.78, 5) is 32.2. The highest BCUT2D eigenvalue weighted by Gasteiger charge is 2.48. The van der Waals surface area contributed by atoms with Crippen molar-refractivity contribution in [3.63, 3.8) is 0 Å². The summed E-state index contributed by atoms with van der Waals surface area (Å²) < 4.78 is 5.33. The van der Waals surface area contributed by atoms with Crippen LogP contribution in [0.1, 0.15) is 38.3 Å². The van der Waals surface area contributed by atoms with Crippen LogP contribution in [0.25, 0.3) is 0 Å². The molecule has 0 aliphatic carbocycles. The first-order valence-electron chi connectivity index (χ1n) is 10.1. The maximum atomic E-state index is 14.0. The van der Waals surface area contributed by atoms with Gasteiger partial charge in [0.15, 0.2) is 12.0 Å². The van der Waals surface area contributed by atoms with Gasteiger partial charge in [0.25, 0.3) is 0 Å². The summed E-state index contributed by atoms with van der Waals surface area (Å²) in [5.74, 6) is 0.0432. The van der Waals surface area contributed by atoms with Gasteiger partial charge in [-0.3, -0.25) is 0 Å². The number of aryl methyl sites for hydroxylation is 1. The second-order valence-electron chi connectivity index (χ2n) is 7.62. The van der Waals surface area contributed by atoms with Gasteiger partial charge in [0.2, 0.25) is 5.88 Å². The highest BCUT2D eigenvalue weighted by molar-refractivity contribution is 6.30. The third-order valence-corrected chi connectivity index (χ3v) is 5.74. The van der Waals surface area contributed by atoms with Crippen molar-refractivity contribution in [1.29, 1.82) is 0 Å². The van der Waals surface area contributed by atoms with Crippen LogP contribution in [0, 0.1) is 6.92 Å². The number of carbonyl (C=O) groups is 2. The normalized spacial score (nSPS) is 17.2. The van der Waals surface area contributed by atoms with E-state index in [-0.39, 0.29) is 42.2 Å². The van der Waals surface area contributed by atoms with Gasteiger partial charge in [-0.1, -0.05) is 41.4 Å². The lowest BCUT2D eigenvalue weighted by atomic mass is 10.1. The summed E-state index contributed by atoms with van der Waals surface area (Å²) in [5.41, 5.74) is 2.52. The van der Waals surface area contributed by atoms with Crippen molar-refractivity contribution in [1.82, 2.24) is 4.98 Å². The first kappa shape index (κ1) is 24.9. The fraction of sp³-hybridized carbons (Fsp3) is 0.160. The number of pyridine rings is 1. The molecule has 0 spiro atoms. The number of aromatic nitrogens is 1. The molecule has 1 aromatic heterocycles. The number of halogens is 3. The Morgan fingerprint density at radius 2 is 1.76 bits per heavy atom. The molecule has 1 aliphatic rings. The number of nitrogens with zero attached hydrogens (tertiary/aromatic N) is 2. The number of amides is 2. The lowest BCUT2D eigenvalue weighted by Gasteiger charge is -2.29. The zero-order valence-electron chi connectivity index (χ0n) is 17.8. The molecule has 4 rings (SSSR count). The van der Waals surface area contributed by atoms with Gasteiger partial charge in [-0.2, -0.15) is 4.48 Å². The first-order valence-corrected chi connectivity index (χ1v) is 11.0. The second-order valence-corrected chi connectivity index (χ2v) is 8.44. The molecule has 0 bridgehead atoms. The van der Waals surface area contributed by atoms with Crippen LogP contribution in [0.4, 0.5) is 0 Å². The number of fused-ring (bicyclic) bond motifs is 1. The molecule has 0 radical (unpaired) electrons. The zero-order valence-corrected chi connectivity index (χ0v) is 20.2. The summed E-state index contributed by atoms with van der Waals surface area (Å²) >= 11 is 12.0. The first-order chi connectivity index (χ1) is 15.4. The maximum absolute atomic E-state index is 14.0. The molecule has 3 aromatic rings. The van der Waals surface area contributed by atoms with Crippen LogP contribution in [0.2, 0.25) is 5.02 Å². The van der Waals surface area contributed by atoms with Gasteiger partial charge >= 0.3 is 11.8 Å². The number of hydrogen-bond donors (Lipinski definition) is 0. The van der Waals surface area contributed by atoms with Gasteiger partial charge in [0.1, 0.15) is 12.1 Å². The molecule has 0 N–H and O–H groups in total. The predicted octanol–water partition coefficient (Wildman–Crippen LogP) is 6.33. The zero-order chi connectivity index (χ0) is 22.7. The molecule has 0 fully saturated rings. The number of hydrogen-bond acceptors (Lipinski definition) is 4. The van der Waals surface area contributed by atoms with Gasteiger partial charge in [-0.05, 0) is 43.3 Å². The van der Waals surface area contributed by atoms with Crippen LogP contribution in [-0.2, 0) is 6.54 Å². The van der Waals surface area contributed by atoms with E-state index in [0.717, 1.165) is 11.1 Å². The Morgan fingerprint density at radius 1 is 1.06 bits per heavy atom. The Hall–Kier alpha value is -2.70. The van der Waals surface area contributed by atoms with Crippen LogP contribution in [0.5, 0.6) is 5.88 Å². The van der Waals surface area contributed by atoms with Crippen molar-refractivity contribution >= 4 is 47.4 Å². The molecule has 170 valence electrons. The van der Waals surface area contributed by atoms with Gasteiger partial charge in [-0.15, -0.1) is 24.0 Å². The minimum absolute atomic E-state index is 0. The molecule has 8 heteroatoms. The molecule has 2 aromatic carbocycles. The number of benzene rings is 2. The Bertz CT molecular complexity index is 1190. The Kier molecular flexibility index (Phi) is 7.92. The fourth-order valence-corrected chi connectivity index (χ4v) is 3.97. The fourth-order valence-electron chi connectivity index (χ4n) is 3.66. The van der Waals surface area contributed by atoms with E-state index in [0.29, 0.717) is 22.8 Å². The van der Waals surface area contributed by atoms with E-state index in [1.807, 2.05) is 31.2 Å². The minimum Gasteiger partial charge on any atom is -0.437 e. The number of carbonyl (C=O) groups excluding carboxylic acids is 2. The van der Waals surface area contributed by atoms with Crippen LogP contribution < -0.4 is 4.74 Å². The number of ether oxygens (including phenoxy) is 1. The molecular weight excluding hydrogens is 483 g/mol. The molecule has 1 atom stereocenters. The number of allylic oxidation sites excluding steroid dienone is 1. The number of alkyl halides is 1. The smallest absolute Gasteiger partial charge is 0.364 e. The third kappa shape index (κ3) is 5.12. The number of rotatable bonds is 5. The lowest BCUT2D eigenvalue weighted by molar-refractivity contribution is -0.725. The monoisotopic (exact) mass is 503 g/mol. The topological polar surface area (TPSA) is 56.3 Å².